The summed E-state index contributed by atoms with van der Waals surface area (Å²) < 4.78 is 13.0. The molecule has 142 valence electrons. The van der Waals surface area contributed by atoms with E-state index in [9.17, 15) is 4.39 Å². The Morgan fingerprint density at radius 2 is 1.67 bits per heavy atom. The van der Waals surface area contributed by atoms with Crippen LogP contribution in [-0.4, -0.2) is 43.0 Å². The average molecular weight is 365 g/mol. The van der Waals surface area contributed by atoms with E-state index in [2.05, 4.69) is 34.9 Å². The number of benzene rings is 2. The highest BCUT2D eigenvalue weighted by atomic mass is 19.1. The molecule has 1 fully saturated rings. The quantitative estimate of drug-likeness (QED) is 0.680. The lowest BCUT2D eigenvalue weighted by Gasteiger charge is -2.34. The second kappa shape index (κ2) is 9.69. The summed E-state index contributed by atoms with van der Waals surface area (Å²) in [6.45, 7) is 5.50. The van der Waals surface area contributed by atoms with Gasteiger partial charge >= 0.3 is 0 Å². The van der Waals surface area contributed by atoms with E-state index >= 15 is 0 Å². The van der Waals surface area contributed by atoms with Crippen molar-refractivity contribution in [3.8, 4) is 12.3 Å². The van der Waals surface area contributed by atoms with Crippen LogP contribution in [0, 0.1) is 24.1 Å². The third-order valence-electron chi connectivity index (χ3n) is 5.48. The lowest BCUT2D eigenvalue weighted by Crippen LogP contribution is -2.38. The van der Waals surface area contributed by atoms with E-state index in [4.69, 9.17) is 6.42 Å². The maximum atomic E-state index is 13.0. The van der Waals surface area contributed by atoms with E-state index in [0.717, 1.165) is 50.6 Å². The van der Waals surface area contributed by atoms with Crippen LogP contribution in [0.2, 0.25) is 0 Å². The smallest absolute Gasteiger partial charge is 0.123 e. The van der Waals surface area contributed by atoms with E-state index in [1.54, 1.807) is 12.1 Å². The van der Waals surface area contributed by atoms with Gasteiger partial charge in [0.05, 0.1) is 0 Å². The van der Waals surface area contributed by atoms with Gasteiger partial charge in [-0.15, -0.1) is 6.42 Å². The molecule has 1 aliphatic heterocycles. The van der Waals surface area contributed by atoms with Gasteiger partial charge in [-0.1, -0.05) is 30.2 Å². The molecule has 2 aromatic rings. The molecule has 1 aliphatic rings. The van der Waals surface area contributed by atoms with Gasteiger partial charge < -0.3 is 9.80 Å². The lowest BCUT2D eigenvalue weighted by atomic mass is 9.95. The number of hydrogen-bond acceptors (Lipinski definition) is 2. The summed E-state index contributed by atoms with van der Waals surface area (Å²) in [5, 5.41) is 0. The molecular weight excluding hydrogens is 335 g/mol. The topological polar surface area (TPSA) is 6.48 Å². The summed E-state index contributed by atoms with van der Waals surface area (Å²) >= 11 is 0. The van der Waals surface area contributed by atoms with Crippen molar-refractivity contribution in [3.63, 3.8) is 0 Å². The Morgan fingerprint density at radius 1 is 1.04 bits per heavy atom. The van der Waals surface area contributed by atoms with Crippen molar-refractivity contribution < 1.29 is 4.39 Å². The van der Waals surface area contributed by atoms with Crippen LogP contribution in [0.4, 0.5) is 4.39 Å². The number of nitrogens with zero attached hydrogens (tertiary/aromatic N) is 2. The minimum Gasteiger partial charge on any atom is -0.303 e. The highest BCUT2D eigenvalue weighted by Gasteiger charge is 2.20. The van der Waals surface area contributed by atoms with Gasteiger partial charge in [-0.2, -0.15) is 0 Å². The van der Waals surface area contributed by atoms with E-state index in [0.29, 0.717) is 0 Å². The fourth-order valence-electron chi connectivity index (χ4n) is 3.85. The Labute approximate surface area is 163 Å². The minimum absolute atomic E-state index is 0.157. The molecule has 2 nitrogen and oxygen atoms in total. The van der Waals surface area contributed by atoms with Crippen molar-refractivity contribution in [2.75, 3.05) is 33.2 Å². The van der Waals surface area contributed by atoms with Crippen LogP contribution in [-0.2, 0) is 13.0 Å². The molecule has 0 amide bonds. The van der Waals surface area contributed by atoms with Crippen molar-refractivity contribution >= 4 is 0 Å². The summed E-state index contributed by atoms with van der Waals surface area (Å²) in [7, 11) is 2.20. The molecule has 1 heterocycles. The molecular formula is C24H29FN2. The van der Waals surface area contributed by atoms with Crippen molar-refractivity contribution in [1.29, 1.82) is 0 Å². The third kappa shape index (κ3) is 6.20. The molecule has 0 atom stereocenters. The fraction of sp³-hybridized carbons (Fsp3) is 0.417. The van der Waals surface area contributed by atoms with Gasteiger partial charge in [0.25, 0.3) is 0 Å². The van der Waals surface area contributed by atoms with Crippen molar-refractivity contribution in [2.24, 2.45) is 5.92 Å². The van der Waals surface area contributed by atoms with Crippen molar-refractivity contribution in [2.45, 2.75) is 25.8 Å². The minimum atomic E-state index is -0.157. The van der Waals surface area contributed by atoms with Gasteiger partial charge in [0.2, 0.25) is 0 Å². The van der Waals surface area contributed by atoms with Gasteiger partial charge in [0.15, 0.2) is 0 Å². The summed E-state index contributed by atoms with van der Waals surface area (Å²) in [5.74, 6) is 3.27. The zero-order valence-electron chi connectivity index (χ0n) is 16.2. The lowest BCUT2D eigenvalue weighted by molar-refractivity contribution is 0.153. The van der Waals surface area contributed by atoms with Crippen molar-refractivity contribution in [3.05, 3.63) is 71.0 Å². The highest BCUT2D eigenvalue weighted by Crippen LogP contribution is 2.19. The number of hydrogen-bond donors (Lipinski definition) is 0. The molecule has 3 heteroatoms. The fourth-order valence-corrected chi connectivity index (χ4v) is 3.85. The van der Waals surface area contributed by atoms with Crippen LogP contribution < -0.4 is 0 Å². The molecule has 0 radical (unpaired) electrons. The molecule has 0 unspecified atom stereocenters. The molecule has 0 aliphatic carbocycles. The Balaban J connectivity index is 1.37. The second-order valence-electron chi connectivity index (χ2n) is 7.70. The Morgan fingerprint density at radius 3 is 2.30 bits per heavy atom. The molecule has 0 aromatic heterocycles. The van der Waals surface area contributed by atoms with Crippen molar-refractivity contribution in [1.82, 2.24) is 9.80 Å². The number of piperidine rings is 1. The Kier molecular flexibility index (Phi) is 7.04. The number of halogens is 1. The third-order valence-corrected chi connectivity index (χ3v) is 5.48. The average Bonchev–Trinajstić information content (AvgIpc) is 2.69. The predicted molar refractivity (Wildman–Crippen MR) is 110 cm³/mol. The van der Waals surface area contributed by atoms with E-state index in [1.165, 1.54) is 24.0 Å². The number of likely N-dealkylation sites (tertiary alicyclic amines) is 1. The Bertz CT molecular complexity index is 737. The van der Waals surface area contributed by atoms with Crippen LogP contribution in [0.1, 0.15) is 29.5 Å². The molecule has 1 saturated heterocycles. The molecule has 27 heavy (non-hydrogen) atoms. The number of terminal acetylenes is 1. The molecule has 0 saturated carbocycles. The summed E-state index contributed by atoms with van der Waals surface area (Å²) in [4.78, 5) is 4.96. The maximum Gasteiger partial charge on any atom is 0.123 e. The van der Waals surface area contributed by atoms with Gasteiger partial charge in [-0.3, -0.25) is 0 Å². The summed E-state index contributed by atoms with van der Waals surface area (Å²) in [6, 6.07) is 15.2. The monoisotopic (exact) mass is 364 g/mol. The SMILES string of the molecule is C#Cc1ccc(CN(C)CC2CCN(CCc3ccc(F)cc3)CC2)cc1. The zero-order valence-corrected chi connectivity index (χ0v) is 16.2. The summed E-state index contributed by atoms with van der Waals surface area (Å²) in [6.07, 6.45) is 8.92. The van der Waals surface area contributed by atoms with E-state index in [1.807, 2.05) is 24.3 Å². The largest absolute Gasteiger partial charge is 0.303 e. The number of rotatable bonds is 7. The predicted octanol–water partition coefficient (Wildman–Crippen LogP) is 4.19. The van der Waals surface area contributed by atoms with Gasteiger partial charge in [-0.05, 0) is 80.7 Å². The normalized spacial score (nSPS) is 15.8. The molecule has 0 spiro atoms. The van der Waals surface area contributed by atoms with Crippen LogP contribution in [0.25, 0.3) is 0 Å². The van der Waals surface area contributed by atoms with Crippen LogP contribution >= 0.6 is 0 Å². The van der Waals surface area contributed by atoms with Gasteiger partial charge in [0.1, 0.15) is 5.82 Å². The van der Waals surface area contributed by atoms with E-state index in [-0.39, 0.29) is 5.82 Å². The summed E-state index contributed by atoms with van der Waals surface area (Å²) in [5.41, 5.74) is 3.47. The van der Waals surface area contributed by atoms with Gasteiger partial charge in [-0.25, -0.2) is 4.39 Å². The standard InChI is InChI=1S/C24H29FN2/c1-3-20-4-6-22(7-5-20)18-26(2)19-23-13-16-27(17-14-23)15-12-21-8-10-24(25)11-9-21/h1,4-11,23H,12-19H2,2H3. The maximum absolute atomic E-state index is 13.0. The molecule has 0 N–H and O–H groups in total. The molecule has 3 rings (SSSR count). The van der Waals surface area contributed by atoms with Crippen LogP contribution in [0.3, 0.4) is 0 Å². The zero-order chi connectivity index (χ0) is 19.1. The first-order valence-corrected chi connectivity index (χ1v) is 9.83. The first kappa shape index (κ1) is 19.6. The Hall–Kier alpha value is -2.15. The first-order valence-electron chi connectivity index (χ1n) is 9.83. The van der Waals surface area contributed by atoms with Crippen LogP contribution in [0.15, 0.2) is 48.5 Å². The first-order chi connectivity index (χ1) is 13.1. The van der Waals surface area contributed by atoms with E-state index < -0.39 is 0 Å². The molecule has 2 aromatic carbocycles. The second-order valence-corrected chi connectivity index (χ2v) is 7.70. The van der Waals surface area contributed by atoms with Crippen LogP contribution in [0.5, 0.6) is 0 Å². The molecule has 0 bridgehead atoms. The highest BCUT2D eigenvalue weighted by molar-refractivity contribution is 5.34. The van der Waals surface area contributed by atoms with Gasteiger partial charge in [0, 0.05) is 25.2 Å².